The molecule has 6 nitrogen and oxygen atoms in total. The van der Waals surface area contributed by atoms with Gasteiger partial charge in [0.25, 0.3) is 0 Å². The van der Waals surface area contributed by atoms with Crippen molar-refractivity contribution < 1.29 is 19.4 Å². The molecule has 0 bridgehead atoms. The Labute approximate surface area is 209 Å². The van der Waals surface area contributed by atoms with E-state index in [2.05, 4.69) is 78.7 Å². The number of carboxylic acids is 1. The average Bonchev–Trinajstić information content (AvgIpc) is 3.54. The molecule has 184 valence electrons. The number of H-pyrrole nitrogens is 2. The molecule has 0 fully saturated rings. The number of aromatic amines is 2. The Balaban J connectivity index is 0.00000148. The number of aliphatic carboxylic acids is 1. The molecule has 0 radical (unpaired) electrons. The minimum atomic E-state index is -0.991. The van der Waals surface area contributed by atoms with Gasteiger partial charge in [-0.3, -0.25) is 0 Å². The zero-order valence-electron chi connectivity index (χ0n) is 20.5. The van der Waals surface area contributed by atoms with Crippen LogP contribution in [0, 0.1) is 0 Å². The van der Waals surface area contributed by atoms with Crippen molar-refractivity contribution in [3.63, 3.8) is 0 Å². The first kappa shape index (κ1) is 24.8. The fraction of sp³-hybridized carbons (Fsp3) is 0.200. The maximum Gasteiger partial charge on any atom is 0.341 e. The summed E-state index contributed by atoms with van der Waals surface area (Å²) in [4.78, 5) is 26.1. The topological polar surface area (TPSA) is 95.2 Å². The number of para-hydroxylation sites is 2. The zero-order chi connectivity index (χ0) is 25.7. The predicted molar refractivity (Wildman–Crippen MR) is 143 cm³/mol. The van der Waals surface area contributed by atoms with Crippen LogP contribution in [0.3, 0.4) is 0 Å². The van der Waals surface area contributed by atoms with Gasteiger partial charge in [-0.1, -0.05) is 62.4 Å². The molecule has 0 saturated carbocycles. The van der Waals surface area contributed by atoms with Crippen molar-refractivity contribution in [2.45, 2.75) is 32.6 Å². The average molecular weight is 483 g/mol. The summed E-state index contributed by atoms with van der Waals surface area (Å²) in [5.74, 6) is -0.502. The summed E-state index contributed by atoms with van der Waals surface area (Å²) in [7, 11) is 0. The van der Waals surface area contributed by atoms with Crippen LogP contribution in [0.1, 0.15) is 47.6 Å². The number of carbonyl (C=O) groups excluding carboxylic acids is 1. The van der Waals surface area contributed by atoms with Crippen LogP contribution in [0.2, 0.25) is 0 Å². The number of aromatic nitrogens is 2. The summed E-state index contributed by atoms with van der Waals surface area (Å²) in [6.07, 6.45) is 6.13. The second-order valence-corrected chi connectivity index (χ2v) is 8.56. The van der Waals surface area contributed by atoms with Crippen molar-refractivity contribution in [1.29, 1.82) is 0 Å². The Bertz CT molecular complexity index is 1420. The maximum atomic E-state index is 11.0. The van der Waals surface area contributed by atoms with E-state index in [1.54, 1.807) is 6.07 Å². The summed E-state index contributed by atoms with van der Waals surface area (Å²) >= 11 is 0. The number of rotatable bonds is 8. The fourth-order valence-electron chi connectivity index (χ4n) is 5.00. The molecule has 3 aromatic carbocycles. The van der Waals surface area contributed by atoms with Gasteiger partial charge in [-0.25, -0.2) is 4.79 Å². The first-order chi connectivity index (χ1) is 17.6. The van der Waals surface area contributed by atoms with E-state index in [1.165, 1.54) is 33.0 Å². The molecular formula is C30H30N2O4. The first-order valence-electron chi connectivity index (χ1n) is 12.0. The van der Waals surface area contributed by atoms with E-state index in [4.69, 9.17) is 14.6 Å². The third-order valence-electron chi connectivity index (χ3n) is 6.61. The number of nitrogens with one attached hydrogen (secondary N) is 2. The van der Waals surface area contributed by atoms with Gasteiger partial charge in [0.05, 0.1) is 0 Å². The van der Waals surface area contributed by atoms with E-state index in [-0.39, 0.29) is 12.5 Å². The standard InChI is InChI=1S/C29H28N2O3.CH2O/c1-3-18-8-6-12-22-24(15-30-28(18)22)27(20-10-5-11-21(14-20)34-17-26(32)33)25-16-31-29-19(4-2)9-7-13-23(25)29;1-2/h5-16,27,30-31H,3-4,17H2,1-2H3,(H,32,33);1H2. The molecule has 0 unspecified atom stereocenters. The second-order valence-electron chi connectivity index (χ2n) is 8.56. The van der Waals surface area contributed by atoms with E-state index in [9.17, 15) is 4.79 Å². The van der Waals surface area contributed by atoms with Crippen LogP contribution in [0.4, 0.5) is 0 Å². The molecule has 0 saturated heterocycles. The molecule has 2 heterocycles. The molecule has 6 heteroatoms. The lowest BCUT2D eigenvalue weighted by molar-refractivity contribution is -0.139. The summed E-state index contributed by atoms with van der Waals surface area (Å²) in [6.45, 7) is 5.97. The lowest BCUT2D eigenvalue weighted by Gasteiger charge is -2.19. The molecule has 0 aliphatic heterocycles. The van der Waals surface area contributed by atoms with Crippen molar-refractivity contribution in [3.05, 3.63) is 101 Å². The number of carboxylic acid groups (broad SMARTS) is 1. The van der Waals surface area contributed by atoms with E-state index in [1.807, 2.05) is 18.9 Å². The highest BCUT2D eigenvalue weighted by Crippen LogP contribution is 2.41. The second kappa shape index (κ2) is 11.0. The maximum absolute atomic E-state index is 11.0. The van der Waals surface area contributed by atoms with Crippen molar-refractivity contribution in [1.82, 2.24) is 9.97 Å². The third-order valence-corrected chi connectivity index (χ3v) is 6.61. The Morgan fingerprint density at radius 3 is 1.89 bits per heavy atom. The number of benzene rings is 3. The Morgan fingerprint density at radius 2 is 1.39 bits per heavy atom. The highest BCUT2D eigenvalue weighted by Gasteiger charge is 2.24. The minimum absolute atomic E-state index is 0.0601. The normalized spacial score (nSPS) is 11.0. The lowest BCUT2D eigenvalue weighted by atomic mass is 9.84. The first-order valence-corrected chi connectivity index (χ1v) is 12.0. The van der Waals surface area contributed by atoms with Crippen molar-refractivity contribution in [3.8, 4) is 5.75 Å². The van der Waals surface area contributed by atoms with E-state index < -0.39 is 5.97 Å². The minimum Gasteiger partial charge on any atom is -0.482 e. The smallest absolute Gasteiger partial charge is 0.341 e. The number of hydrogen-bond donors (Lipinski definition) is 3. The third kappa shape index (κ3) is 4.62. The number of carbonyl (C=O) groups is 2. The molecule has 0 spiro atoms. The van der Waals surface area contributed by atoms with Crippen LogP contribution in [-0.2, 0) is 22.4 Å². The van der Waals surface area contributed by atoms with Crippen LogP contribution >= 0.6 is 0 Å². The largest absolute Gasteiger partial charge is 0.482 e. The molecular weight excluding hydrogens is 452 g/mol. The van der Waals surface area contributed by atoms with Crippen LogP contribution < -0.4 is 4.74 Å². The molecule has 5 rings (SSSR count). The SMILES string of the molecule is C=O.CCc1cccc2c(C(c3cccc(OCC(=O)O)c3)c3c[nH]c4c(CC)cccc34)c[nH]c12. The summed E-state index contributed by atoms with van der Waals surface area (Å²) in [5.41, 5.74) is 8.32. The van der Waals surface area contributed by atoms with E-state index in [0.717, 1.165) is 29.4 Å². The van der Waals surface area contributed by atoms with Crippen LogP contribution in [0.15, 0.2) is 73.1 Å². The molecule has 0 amide bonds. The summed E-state index contributed by atoms with van der Waals surface area (Å²) in [5, 5.41) is 11.4. The molecule has 0 atom stereocenters. The molecule has 0 aliphatic carbocycles. The van der Waals surface area contributed by atoms with Crippen molar-refractivity contribution in [2.75, 3.05) is 6.61 Å². The molecule has 3 N–H and O–H groups in total. The van der Waals surface area contributed by atoms with Gasteiger partial charge in [-0.2, -0.15) is 0 Å². The molecule has 2 aromatic heterocycles. The predicted octanol–water partition coefficient (Wildman–Crippen LogP) is 6.23. The van der Waals surface area contributed by atoms with Crippen molar-refractivity contribution >= 4 is 34.6 Å². The summed E-state index contributed by atoms with van der Waals surface area (Å²) in [6, 6.07) is 20.7. The van der Waals surface area contributed by atoms with E-state index >= 15 is 0 Å². The van der Waals surface area contributed by atoms with Crippen LogP contribution in [-0.4, -0.2) is 34.4 Å². The van der Waals surface area contributed by atoms with Gasteiger partial charge < -0.3 is 24.6 Å². The Hall–Kier alpha value is -4.32. The molecule has 36 heavy (non-hydrogen) atoms. The summed E-state index contributed by atoms with van der Waals surface area (Å²) < 4.78 is 5.53. The van der Waals surface area contributed by atoms with Crippen LogP contribution in [0.25, 0.3) is 21.8 Å². The van der Waals surface area contributed by atoms with Gasteiger partial charge in [0.2, 0.25) is 0 Å². The number of ether oxygens (including phenoxy) is 1. The highest BCUT2D eigenvalue weighted by molar-refractivity contribution is 5.91. The van der Waals surface area contributed by atoms with E-state index in [0.29, 0.717) is 5.75 Å². The monoisotopic (exact) mass is 482 g/mol. The van der Waals surface area contributed by atoms with Gasteiger partial charge in [-0.05, 0) is 52.8 Å². The van der Waals surface area contributed by atoms with Gasteiger partial charge in [0.15, 0.2) is 6.61 Å². The quantitative estimate of drug-likeness (QED) is 0.244. The number of fused-ring (bicyclic) bond motifs is 2. The molecule has 5 aromatic rings. The van der Waals surface area contributed by atoms with Crippen molar-refractivity contribution in [2.24, 2.45) is 0 Å². The Morgan fingerprint density at radius 1 is 0.861 bits per heavy atom. The molecule has 0 aliphatic rings. The van der Waals surface area contributed by atoms with Gasteiger partial charge >= 0.3 is 5.97 Å². The lowest BCUT2D eigenvalue weighted by Crippen LogP contribution is -2.10. The van der Waals surface area contributed by atoms with Gasteiger partial charge in [-0.15, -0.1) is 0 Å². The highest BCUT2D eigenvalue weighted by atomic mass is 16.5. The fourth-order valence-corrected chi connectivity index (χ4v) is 5.00. The number of hydrogen-bond acceptors (Lipinski definition) is 3. The number of aryl methyl sites for hydroxylation is 2. The van der Waals surface area contributed by atoms with Crippen LogP contribution in [0.5, 0.6) is 5.75 Å². The van der Waals surface area contributed by atoms with Gasteiger partial charge in [0, 0.05) is 40.1 Å². The zero-order valence-corrected chi connectivity index (χ0v) is 20.5. The Kier molecular flexibility index (Phi) is 7.54. The van der Waals surface area contributed by atoms with Gasteiger partial charge in [0.1, 0.15) is 12.5 Å².